The number of hydrogen-bond donors (Lipinski definition) is 1. The number of amides is 2. The quantitative estimate of drug-likeness (QED) is 0.406. The van der Waals surface area contributed by atoms with Gasteiger partial charge in [-0.15, -0.1) is 0 Å². The van der Waals surface area contributed by atoms with Gasteiger partial charge in [0.15, 0.2) is 0 Å². The summed E-state index contributed by atoms with van der Waals surface area (Å²) in [5.74, 6) is -0.660. The van der Waals surface area contributed by atoms with Crippen molar-refractivity contribution < 1.29 is 24.2 Å². The van der Waals surface area contributed by atoms with Crippen LogP contribution in [0.5, 0.6) is 0 Å². The van der Waals surface area contributed by atoms with Gasteiger partial charge in [-0.3, -0.25) is 9.48 Å². The van der Waals surface area contributed by atoms with Gasteiger partial charge in [-0.2, -0.15) is 5.10 Å². The molecule has 0 saturated carbocycles. The van der Waals surface area contributed by atoms with Gasteiger partial charge in [0.2, 0.25) is 0 Å². The summed E-state index contributed by atoms with van der Waals surface area (Å²) in [7, 11) is 1.71. The van der Waals surface area contributed by atoms with Crippen LogP contribution >= 0.6 is 11.6 Å². The number of aryl methyl sites for hydroxylation is 1. The molecule has 2 aromatic heterocycles. The highest BCUT2D eigenvalue weighted by Gasteiger charge is 2.39. The molecule has 1 aliphatic heterocycles. The maximum absolute atomic E-state index is 13.9. The van der Waals surface area contributed by atoms with Crippen LogP contribution in [0.1, 0.15) is 86.1 Å². The van der Waals surface area contributed by atoms with E-state index in [0.717, 1.165) is 0 Å². The predicted octanol–water partition coefficient (Wildman–Crippen LogP) is 3.97. The summed E-state index contributed by atoms with van der Waals surface area (Å²) >= 11 is 6.48. The van der Waals surface area contributed by atoms with Crippen molar-refractivity contribution in [3.63, 3.8) is 0 Å². The first-order valence-electron chi connectivity index (χ1n) is 12.7. The lowest BCUT2D eigenvalue weighted by Gasteiger charge is -2.42. The van der Waals surface area contributed by atoms with E-state index in [1.807, 2.05) is 34.6 Å². The summed E-state index contributed by atoms with van der Waals surface area (Å²) in [6.07, 6.45) is 2.20. The van der Waals surface area contributed by atoms with Crippen molar-refractivity contribution in [3.05, 3.63) is 40.2 Å². The molecule has 0 unspecified atom stereocenters. The molecule has 1 saturated heterocycles. The average molecular weight is 549 g/mol. The molecule has 1 N–H and O–H groups in total. The number of hydrogen-bond acceptors (Lipinski definition) is 7. The zero-order chi connectivity index (χ0) is 28.4. The van der Waals surface area contributed by atoms with Gasteiger partial charge in [0.25, 0.3) is 5.91 Å². The summed E-state index contributed by atoms with van der Waals surface area (Å²) in [5, 5.41) is 14.2. The number of carbonyl (C=O) groups is 3. The summed E-state index contributed by atoms with van der Waals surface area (Å²) in [4.78, 5) is 50.3. The number of piperidine rings is 1. The average Bonchev–Trinajstić information content (AvgIpc) is 3.22. The van der Waals surface area contributed by atoms with E-state index in [-0.39, 0.29) is 47.7 Å². The zero-order valence-electron chi connectivity index (χ0n) is 23.1. The van der Waals surface area contributed by atoms with E-state index in [9.17, 15) is 19.5 Å². The monoisotopic (exact) mass is 548 g/mol. The third kappa shape index (κ3) is 6.43. The van der Waals surface area contributed by atoms with Crippen molar-refractivity contribution >= 4 is 29.6 Å². The highest BCUT2D eigenvalue weighted by atomic mass is 35.5. The molecule has 1 aliphatic rings. The maximum atomic E-state index is 13.9. The zero-order valence-corrected chi connectivity index (χ0v) is 23.8. The number of nitrogens with zero attached hydrogens (tertiary/aromatic N) is 6. The van der Waals surface area contributed by atoms with Crippen molar-refractivity contribution in [1.82, 2.24) is 29.5 Å². The summed E-state index contributed by atoms with van der Waals surface area (Å²) in [5.41, 5.74) is 0.687. The third-order valence-corrected chi connectivity index (χ3v) is 6.76. The van der Waals surface area contributed by atoms with Crippen molar-refractivity contribution in [2.45, 2.75) is 65.3 Å². The molecule has 3 rings (SSSR count). The van der Waals surface area contributed by atoms with Crippen molar-refractivity contribution in [1.29, 1.82) is 0 Å². The molecular weight excluding hydrogens is 512 g/mol. The van der Waals surface area contributed by atoms with Crippen LogP contribution in [0.4, 0.5) is 4.79 Å². The van der Waals surface area contributed by atoms with E-state index in [0.29, 0.717) is 30.0 Å². The molecule has 0 spiro atoms. The Morgan fingerprint density at radius 2 is 1.89 bits per heavy atom. The Morgan fingerprint density at radius 1 is 1.21 bits per heavy atom. The van der Waals surface area contributed by atoms with E-state index < -0.39 is 24.0 Å². The van der Waals surface area contributed by atoms with Gasteiger partial charge >= 0.3 is 12.1 Å². The second kappa shape index (κ2) is 11.7. The van der Waals surface area contributed by atoms with Crippen LogP contribution in [0.3, 0.4) is 0 Å². The minimum absolute atomic E-state index is 0.0577. The lowest BCUT2D eigenvalue weighted by atomic mass is 9.88. The van der Waals surface area contributed by atoms with Gasteiger partial charge in [-0.05, 0) is 19.3 Å². The second-order valence-corrected chi connectivity index (χ2v) is 11.4. The smallest absolute Gasteiger partial charge is 0.407 e. The number of aromatic nitrogens is 4. The first-order chi connectivity index (χ1) is 17.7. The number of likely N-dealkylation sites (tertiary alicyclic amines) is 1. The molecule has 0 bridgehead atoms. The molecule has 38 heavy (non-hydrogen) atoms. The van der Waals surface area contributed by atoms with E-state index in [1.54, 1.807) is 23.6 Å². The topological polar surface area (TPSA) is 131 Å². The van der Waals surface area contributed by atoms with E-state index in [1.165, 1.54) is 17.3 Å². The van der Waals surface area contributed by atoms with Crippen LogP contribution in [0.2, 0.25) is 5.15 Å². The highest BCUT2D eigenvalue weighted by Crippen LogP contribution is 2.33. The molecule has 2 amide bonds. The SMILES string of the molecule is CCOC(=O)c1cnn(C)c1[C@@H]1C[C@H](N(CC(C)C)C(=O)c2cnc(C(C)(C)C)nc2Cl)CN(C(=O)O)C1. The molecule has 0 aliphatic carbocycles. The third-order valence-electron chi connectivity index (χ3n) is 6.47. The Morgan fingerprint density at radius 3 is 2.45 bits per heavy atom. The summed E-state index contributed by atoms with van der Waals surface area (Å²) in [6, 6.07) is -0.483. The predicted molar refractivity (Wildman–Crippen MR) is 142 cm³/mol. The molecule has 12 heteroatoms. The standard InChI is InChI=1S/C26H37ClN6O5/c1-8-38-23(35)18-11-29-31(7)20(18)16-9-17(14-32(13-16)25(36)37)33(12-15(2)3)22(34)19-10-28-24(26(4,5)6)30-21(19)27/h10-11,15-17H,8-9,12-14H2,1-7H3,(H,36,37)/t16-,17+/m1/s1. The van der Waals surface area contributed by atoms with Crippen LogP contribution in [-0.2, 0) is 17.2 Å². The molecular formula is C26H37ClN6O5. The van der Waals surface area contributed by atoms with Gasteiger partial charge in [0, 0.05) is 44.2 Å². The Hall–Kier alpha value is -3.21. The minimum Gasteiger partial charge on any atom is -0.465 e. The molecule has 0 radical (unpaired) electrons. The normalized spacial score (nSPS) is 18.0. The van der Waals surface area contributed by atoms with Crippen LogP contribution in [0.15, 0.2) is 12.4 Å². The van der Waals surface area contributed by atoms with E-state index >= 15 is 0 Å². The van der Waals surface area contributed by atoms with Gasteiger partial charge in [-0.25, -0.2) is 19.6 Å². The number of carbonyl (C=O) groups excluding carboxylic acids is 2. The fourth-order valence-electron chi connectivity index (χ4n) is 4.76. The fourth-order valence-corrected chi connectivity index (χ4v) is 4.97. The number of esters is 1. The van der Waals surface area contributed by atoms with E-state index in [4.69, 9.17) is 16.3 Å². The number of carboxylic acid groups (broad SMARTS) is 1. The fraction of sp³-hybridized carbons (Fsp3) is 0.615. The second-order valence-electron chi connectivity index (χ2n) is 11.1. The van der Waals surface area contributed by atoms with Crippen molar-refractivity contribution in [2.24, 2.45) is 13.0 Å². The molecule has 0 aromatic carbocycles. The maximum Gasteiger partial charge on any atom is 0.407 e. The molecule has 208 valence electrons. The molecule has 11 nitrogen and oxygen atoms in total. The molecule has 2 atom stereocenters. The lowest BCUT2D eigenvalue weighted by molar-refractivity contribution is 0.0456. The van der Waals surface area contributed by atoms with Gasteiger partial charge in [0.05, 0.1) is 30.1 Å². The number of rotatable bonds is 7. The van der Waals surface area contributed by atoms with Gasteiger partial charge < -0.3 is 19.6 Å². The van der Waals surface area contributed by atoms with Crippen LogP contribution in [-0.4, -0.2) is 84.9 Å². The van der Waals surface area contributed by atoms with Gasteiger partial charge in [0.1, 0.15) is 16.5 Å². The largest absolute Gasteiger partial charge is 0.465 e. The molecule has 3 heterocycles. The Labute approximate surface area is 228 Å². The Balaban J connectivity index is 2.02. The van der Waals surface area contributed by atoms with Crippen LogP contribution < -0.4 is 0 Å². The minimum atomic E-state index is -1.10. The first kappa shape index (κ1) is 29.3. The van der Waals surface area contributed by atoms with Crippen molar-refractivity contribution in [2.75, 3.05) is 26.2 Å². The van der Waals surface area contributed by atoms with Crippen LogP contribution in [0, 0.1) is 5.92 Å². The summed E-state index contributed by atoms with van der Waals surface area (Å²) in [6.45, 7) is 12.4. The lowest BCUT2D eigenvalue weighted by Crippen LogP contribution is -2.54. The van der Waals surface area contributed by atoms with Crippen molar-refractivity contribution in [3.8, 4) is 0 Å². The van der Waals surface area contributed by atoms with Gasteiger partial charge in [-0.1, -0.05) is 46.2 Å². The summed E-state index contributed by atoms with van der Waals surface area (Å²) < 4.78 is 6.77. The first-order valence-corrected chi connectivity index (χ1v) is 13.1. The number of ether oxygens (including phenoxy) is 1. The highest BCUT2D eigenvalue weighted by molar-refractivity contribution is 6.32. The van der Waals surface area contributed by atoms with E-state index in [2.05, 4.69) is 15.1 Å². The molecule has 1 fully saturated rings. The molecule has 2 aromatic rings. The number of halogens is 1. The Kier molecular flexibility index (Phi) is 9.01. The Bertz CT molecular complexity index is 1190. The van der Waals surface area contributed by atoms with Crippen LogP contribution in [0.25, 0.3) is 0 Å².